The molecule has 2 rings (SSSR count). The van der Waals surface area contributed by atoms with E-state index in [4.69, 9.17) is 21.1 Å². The zero-order valence-corrected chi connectivity index (χ0v) is 12.0. The van der Waals surface area contributed by atoms with Gasteiger partial charge in [-0.25, -0.2) is 13.2 Å². The van der Waals surface area contributed by atoms with Crippen LogP contribution in [0.1, 0.15) is 16.2 Å². The van der Waals surface area contributed by atoms with E-state index in [1.165, 1.54) is 6.92 Å². The lowest BCUT2D eigenvalue weighted by molar-refractivity contribution is 0.0697. The first-order valence-electron chi connectivity index (χ1n) is 5.28. The molecule has 0 saturated carbocycles. The molecule has 1 N–H and O–H groups in total. The van der Waals surface area contributed by atoms with Crippen LogP contribution in [0.25, 0.3) is 11.5 Å². The average Bonchev–Trinajstić information content (AvgIpc) is 2.73. The van der Waals surface area contributed by atoms with Crippen LogP contribution in [0.5, 0.6) is 0 Å². The molecule has 0 saturated heterocycles. The van der Waals surface area contributed by atoms with Crippen molar-refractivity contribution in [2.45, 2.75) is 11.8 Å². The van der Waals surface area contributed by atoms with E-state index in [2.05, 4.69) is 10.2 Å². The van der Waals surface area contributed by atoms with E-state index in [0.717, 1.165) is 18.4 Å². The normalized spacial score (nSPS) is 11.6. The number of carboxylic acids is 1. The van der Waals surface area contributed by atoms with Gasteiger partial charge in [0.2, 0.25) is 5.89 Å². The zero-order chi connectivity index (χ0) is 15.1. The standard InChI is InChI=1S/C11H9ClN2O5S/c1-5-13-14-10(19-5)8-7(20(2,17)18)4-3-6(9(8)12)11(15)16/h3-4H,1-2H3,(H,15,16). The van der Waals surface area contributed by atoms with Gasteiger partial charge in [0, 0.05) is 13.2 Å². The van der Waals surface area contributed by atoms with E-state index in [1.807, 2.05) is 0 Å². The molecule has 1 aromatic carbocycles. The largest absolute Gasteiger partial charge is 0.478 e. The summed E-state index contributed by atoms with van der Waals surface area (Å²) in [6.45, 7) is 1.52. The molecular weight excluding hydrogens is 308 g/mol. The summed E-state index contributed by atoms with van der Waals surface area (Å²) in [6, 6.07) is 2.27. The Morgan fingerprint density at radius 3 is 2.45 bits per heavy atom. The second kappa shape index (κ2) is 4.88. The number of sulfone groups is 1. The van der Waals surface area contributed by atoms with Crippen molar-refractivity contribution < 1.29 is 22.7 Å². The highest BCUT2D eigenvalue weighted by atomic mass is 35.5. The average molecular weight is 317 g/mol. The number of aromatic nitrogens is 2. The fourth-order valence-electron chi connectivity index (χ4n) is 1.63. The number of hydrogen-bond acceptors (Lipinski definition) is 6. The van der Waals surface area contributed by atoms with Gasteiger partial charge in [-0.1, -0.05) is 11.6 Å². The lowest BCUT2D eigenvalue weighted by Crippen LogP contribution is -2.05. The lowest BCUT2D eigenvalue weighted by Gasteiger charge is -2.08. The van der Waals surface area contributed by atoms with Gasteiger partial charge in [-0.15, -0.1) is 10.2 Å². The highest BCUT2D eigenvalue weighted by Gasteiger charge is 2.25. The van der Waals surface area contributed by atoms with Gasteiger partial charge in [0.15, 0.2) is 9.84 Å². The van der Waals surface area contributed by atoms with E-state index < -0.39 is 15.8 Å². The van der Waals surface area contributed by atoms with E-state index in [9.17, 15) is 13.2 Å². The first-order chi connectivity index (χ1) is 9.21. The van der Waals surface area contributed by atoms with Crippen LogP contribution in [0.4, 0.5) is 0 Å². The molecule has 0 fully saturated rings. The van der Waals surface area contributed by atoms with Gasteiger partial charge in [-0.3, -0.25) is 0 Å². The molecule has 20 heavy (non-hydrogen) atoms. The number of carbonyl (C=O) groups is 1. The van der Waals surface area contributed by atoms with Crippen LogP contribution >= 0.6 is 11.6 Å². The Morgan fingerprint density at radius 2 is 2.00 bits per heavy atom. The fourth-order valence-corrected chi connectivity index (χ4v) is 2.89. The van der Waals surface area contributed by atoms with Crippen LogP contribution in [0, 0.1) is 6.92 Å². The van der Waals surface area contributed by atoms with Gasteiger partial charge in [-0.2, -0.15) is 0 Å². The van der Waals surface area contributed by atoms with E-state index in [1.54, 1.807) is 0 Å². The van der Waals surface area contributed by atoms with Crippen molar-refractivity contribution in [3.05, 3.63) is 28.6 Å². The molecule has 2 aromatic rings. The summed E-state index contributed by atoms with van der Waals surface area (Å²) in [4.78, 5) is 10.9. The van der Waals surface area contributed by atoms with E-state index >= 15 is 0 Å². The summed E-state index contributed by atoms with van der Waals surface area (Å²) in [6.07, 6.45) is 0.978. The summed E-state index contributed by atoms with van der Waals surface area (Å²) in [7, 11) is -3.64. The summed E-state index contributed by atoms with van der Waals surface area (Å²) >= 11 is 5.99. The number of aryl methyl sites for hydroxylation is 1. The van der Waals surface area contributed by atoms with Crippen LogP contribution in [0.2, 0.25) is 5.02 Å². The highest BCUT2D eigenvalue weighted by molar-refractivity contribution is 7.90. The SMILES string of the molecule is Cc1nnc(-c2c(S(C)(=O)=O)ccc(C(=O)O)c2Cl)o1. The maximum Gasteiger partial charge on any atom is 0.337 e. The number of nitrogens with zero attached hydrogens (tertiary/aromatic N) is 2. The summed E-state index contributed by atoms with van der Waals surface area (Å²) in [5.74, 6) is -1.22. The minimum absolute atomic E-state index is 0.102. The topological polar surface area (TPSA) is 110 Å². The Bertz CT molecular complexity index is 797. The van der Waals surface area contributed by atoms with Crippen molar-refractivity contribution in [3.8, 4) is 11.5 Å². The Hall–Kier alpha value is -1.93. The monoisotopic (exact) mass is 316 g/mol. The summed E-state index contributed by atoms with van der Waals surface area (Å²) in [5.41, 5.74) is -0.348. The molecule has 106 valence electrons. The first-order valence-corrected chi connectivity index (χ1v) is 7.55. The third-order valence-corrected chi connectivity index (χ3v) is 4.01. The molecule has 1 aromatic heterocycles. The predicted molar refractivity (Wildman–Crippen MR) is 69.6 cm³/mol. The Balaban J connectivity index is 2.86. The summed E-state index contributed by atoms with van der Waals surface area (Å²) in [5, 5.41) is 16.1. The van der Waals surface area contributed by atoms with E-state index in [0.29, 0.717) is 0 Å². The van der Waals surface area contributed by atoms with Crippen LogP contribution in [-0.2, 0) is 9.84 Å². The Labute approximate surface area is 119 Å². The number of carboxylic acid groups (broad SMARTS) is 1. The number of halogens is 1. The molecule has 7 nitrogen and oxygen atoms in total. The molecule has 1 heterocycles. The molecule has 0 atom stereocenters. The second-order valence-corrected chi connectivity index (χ2v) is 6.37. The van der Waals surface area contributed by atoms with Crippen molar-refractivity contribution >= 4 is 27.4 Å². The van der Waals surface area contributed by atoms with Crippen LogP contribution < -0.4 is 0 Å². The Morgan fingerprint density at radius 1 is 1.35 bits per heavy atom. The number of rotatable bonds is 3. The van der Waals surface area contributed by atoms with Crippen molar-refractivity contribution in [3.63, 3.8) is 0 Å². The van der Waals surface area contributed by atoms with Gasteiger partial charge in [0.1, 0.15) is 0 Å². The molecule has 0 aliphatic rings. The minimum Gasteiger partial charge on any atom is -0.478 e. The fraction of sp³-hybridized carbons (Fsp3) is 0.182. The van der Waals surface area contributed by atoms with Gasteiger partial charge >= 0.3 is 5.97 Å². The zero-order valence-electron chi connectivity index (χ0n) is 10.4. The minimum atomic E-state index is -3.64. The van der Waals surface area contributed by atoms with Crippen LogP contribution in [0.3, 0.4) is 0 Å². The quantitative estimate of drug-likeness (QED) is 0.919. The second-order valence-electron chi connectivity index (χ2n) is 4.00. The van der Waals surface area contributed by atoms with Crippen LogP contribution in [-0.4, -0.2) is 35.9 Å². The molecule has 0 bridgehead atoms. The highest BCUT2D eigenvalue weighted by Crippen LogP contribution is 2.35. The Kier molecular flexibility index (Phi) is 3.53. The van der Waals surface area contributed by atoms with Crippen molar-refractivity contribution in [1.82, 2.24) is 10.2 Å². The van der Waals surface area contributed by atoms with Gasteiger partial charge < -0.3 is 9.52 Å². The summed E-state index contributed by atoms with van der Waals surface area (Å²) < 4.78 is 28.7. The predicted octanol–water partition coefficient (Wildman–Crippen LogP) is 1.80. The van der Waals surface area contributed by atoms with Crippen molar-refractivity contribution in [2.75, 3.05) is 6.26 Å². The number of hydrogen-bond donors (Lipinski definition) is 1. The lowest BCUT2D eigenvalue weighted by atomic mass is 10.1. The number of aromatic carboxylic acids is 1. The molecule has 0 aliphatic carbocycles. The molecular formula is C11H9ClN2O5S. The molecule has 0 spiro atoms. The van der Waals surface area contributed by atoms with Gasteiger partial charge in [0.05, 0.1) is 21.0 Å². The van der Waals surface area contributed by atoms with Crippen LogP contribution in [0.15, 0.2) is 21.4 Å². The molecule has 0 aliphatic heterocycles. The smallest absolute Gasteiger partial charge is 0.337 e. The maximum atomic E-state index is 11.8. The van der Waals surface area contributed by atoms with Crippen molar-refractivity contribution in [1.29, 1.82) is 0 Å². The van der Waals surface area contributed by atoms with Crippen molar-refractivity contribution in [2.24, 2.45) is 0 Å². The third-order valence-electron chi connectivity index (χ3n) is 2.47. The maximum absolute atomic E-state index is 11.8. The molecule has 9 heteroatoms. The van der Waals surface area contributed by atoms with E-state index in [-0.39, 0.29) is 32.8 Å². The van der Waals surface area contributed by atoms with Gasteiger partial charge in [0.25, 0.3) is 5.89 Å². The molecule has 0 radical (unpaired) electrons. The van der Waals surface area contributed by atoms with Gasteiger partial charge in [-0.05, 0) is 12.1 Å². The molecule has 0 unspecified atom stereocenters. The first kappa shape index (κ1) is 14.5. The number of benzene rings is 1. The third kappa shape index (κ3) is 2.52. The molecule has 0 amide bonds.